The summed E-state index contributed by atoms with van der Waals surface area (Å²) in [5.41, 5.74) is 4.97. The fourth-order valence-corrected chi connectivity index (χ4v) is 4.02. The van der Waals surface area contributed by atoms with Gasteiger partial charge in [0, 0.05) is 18.3 Å². The van der Waals surface area contributed by atoms with E-state index in [1.807, 2.05) is 16.8 Å². The molecular formula is C19H24FN3. The van der Waals surface area contributed by atoms with E-state index >= 15 is 0 Å². The molecule has 1 atom stereocenters. The van der Waals surface area contributed by atoms with Crippen molar-refractivity contribution in [1.29, 1.82) is 0 Å². The molecule has 2 aliphatic rings. The van der Waals surface area contributed by atoms with Crippen molar-refractivity contribution in [3.63, 3.8) is 0 Å². The van der Waals surface area contributed by atoms with Crippen LogP contribution in [0.2, 0.25) is 0 Å². The maximum Gasteiger partial charge on any atom is 0.123 e. The van der Waals surface area contributed by atoms with Crippen molar-refractivity contribution in [3.8, 4) is 5.69 Å². The first-order valence-electron chi connectivity index (χ1n) is 8.82. The van der Waals surface area contributed by atoms with Crippen LogP contribution in [0.4, 0.5) is 4.39 Å². The normalized spacial score (nSPS) is 21.6. The van der Waals surface area contributed by atoms with Crippen LogP contribution < -0.4 is 0 Å². The minimum atomic E-state index is -0.195. The van der Waals surface area contributed by atoms with E-state index in [4.69, 9.17) is 5.10 Å². The van der Waals surface area contributed by atoms with Gasteiger partial charge in [-0.2, -0.15) is 5.10 Å². The van der Waals surface area contributed by atoms with Crippen LogP contribution in [0.5, 0.6) is 0 Å². The van der Waals surface area contributed by atoms with Gasteiger partial charge in [-0.3, -0.25) is 4.90 Å². The highest BCUT2D eigenvalue weighted by Crippen LogP contribution is 2.30. The van der Waals surface area contributed by atoms with E-state index < -0.39 is 0 Å². The van der Waals surface area contributed by atoms with Crippen molar-refractivity contribution in [2.24, 2.45) is 0 Å². The lowest BCUT2D eigenvalue weighted by molar-refractivity contribution is 0.150. The Morgan fingerprint density at radius 2 is 1.96 bits per heavy atom. The number of hydrogen-bond donors (Lipinski definition) is 0. The first-order chi connectivity index (χ1) is 11.2. The van der Waals surface area contributed by atoms with Crippen molar-refractivity contribution in [1.82, 2.24) is 14.7 Å². The number of halogens is 1. The summed E-state index contributed by atoms with van der Waals surface area (Å²) in [6.07, 6.45) is 7.35. The van der Waals surface area contributed by atoms with Crippen LogP contribution >= 0.6 is 0 Å². The second kappa shape index (κ2) is 6.08. The highest BCUT2D eigenvalue weighted by Gasteiger charge is 2.26. The molecule has 1 fully saturated rings. The van der Waals surface area contributed by atoms with Gasteiger partial charge < -0.3 is 0 Å². The molecule has 2 heterocycles. The molecule has 122 valence electrons. The predicted molar refractivity (Wildman–Crippen MR) is 89.3 cm³/mol. The first kappa shape index (κ1) is 14.9. The topological polar surface area (TPSA) is 21.1 Å². The standard InChI is InChI=1S/C19H24FN3/c1-14-5-2-3-12-22(14)13-18-17-6-4-7-19(17)23(21-18)16-10-8-15(20)9-11-16/h8-11,14H,2-7,12-13H2,1H3. The molecule has 4 heteroatoms. The van der Waals surface area contributed by atoms with Gasteiger partial charge in [0.05, 0.1) is 11.4 Å². The molecule has 2 aromatic rings. The third-order valence-corrected chi connectivity index (χ3v) is 5.38. The van der Waals surface area contributed by atoms with Crippen molar-refractivity contribution < 1.29 is 4.39 Å². The Morgan fingerprint density at radius 3 is 2.74 bits per heavy atom. The predicted octanol–water partition coefficient (Wildman–Crippen LogP) is 3.87. The molecule has 3 nitrogen and oxygen atoms in total. The number of hydrogen-bond acceptors (Lipinski definition) is 2. The number of rotatable bonds is 3. The van der Waals surface area contributed by atoms with Gasteiger partial charge in [0.2, 0.25) is 0 Å². The van der Waals surface area contributed by atoms with Gasteiger partial charge in [0.15, 0.2) is 0 Å². The molecular weight excluding hydrogens is 289 g/mol. The minimum Gasteiger partial charge on any atom is -0.295 e. The number of fused-ring (bicyclic) bond motifs is 1. The first-order valence-corrected chi connectivity index (χ1v) is 8.82. The Balaban J connectivity index is 1.66. The summed E-state index contributed by atoms with van der Waals surface area (Å²) < 4.78 is 15.2. The molecule has 0 radical (unpaired) electrons. The smallest absolute Gasteiger partial charge is 0.123 e. The molecule has 1 unspecified atom stereocenters. The number of piperidine rings is 1. The van der Waals surface area contributed by atoms with Crippen LogP contribution in [0, 0.1) is 5.82 Å². The number of likely N-dealkylation sites (tertiary alicyclic amines) is 1. The van der Waals surface area contributed by atoms with E-state index in [1.54, 1.807) is 0 Å². The van der Waals surface area contributed by atoms with Gasteiger partial charge >= 0.3 is 0 Å². The lowest BCUT2D eigenvalue weighted by Gasteiger charge is -2.32. The van der Waals surface area contributed by atoms with Crippen molar-refractivity contribution in [2.75, 3.05) is 6.54 Å². The van der Waals surface area contributed by atoms with E-state index in [0.717, 1.165) is 25.1 Å². The lowest BCUT2D eigenvalue weighted by atomic mass is 10.0. The van der Waals surface area contributed by atoms with Gasteiger partial charge in [-0.05, 0) is 75.4 Å². The van der Waals surface area contributed by atoms with E-state index in [-0.39, 0.29) is 5.82 Å². The summed E-state index contributed by atoms with van der Waals surface area (Å²) in [6.45, 7) is 4.47. The largest absolute Gasteiger partial charge is 0.295 e. The van der Waals surface area contributed by atoms with Crippen molar-refractivity contribution in [3.05, 3.63) is 47.0 Å². The Bertz CT molecular complexity index is 689. The third kappa shape index (κ3) is 2.80. The molecule has 1 aliphatic carbocycles. The van der Waals surface area contributed by atoms with Crippen LogP contribution in [0.15, 0.2) is 24.3 Å². The van der Waals surface area contributed by atoms with E-state index in [2.05, 4.69) is 11.8 Å². The second-order valence-corrected chi connectivity index (χ2v) is 6.93. The van der Waals surface area contributed by atoms with Crippen LogP contribution in [0.25, 0.3) is 5.69 Å². The molecule has 1 aromatic heterocycles. The number of aromatic nitrogens is 2. The molecule has 4 rings (SSSR count). The van der Waals surface area contributed by atoms with Crippen LogP contribution in [0.3, 0.4) is 0 Å². The summed E-state index contributed by atoms with van der Waals surface area (Å²) in [5.74, 6) is -0.195. The highest BCUT2D eigenvalue weighted by atomic mass is 19.1. The molecule has 0 amide bonds. The van der Waals surface area contributed by atoms with Gasteiger partial charge in [0.1, 0.15) is 5.82 Å². The summed E-state index contributed by atoms with van der Waals surface area (Å²) in [6, 6.07) is 7.34. The van der Waals surface area contributed by atoms with E-state index in [0.29, 0.717) is 6.04 Å². The minimum absolute atomic E-state index is 0.195. The molecule has 0 N–H and O–H groups in total. The molecule has 0 bridgehead atoms. The second-order valence-electron chi connectivity index (χ2n) is 6.93. The van der Waals surface area contributed by atoms with Gasteiger partial charge in [0.25, 0.3) is 0 Å². The molecule has 1 aromatic carbocycles. The SMILES string of the molecule is CC1CCCCN1Cc1nn(-c2ccc(F)cc2)c2c1CCC2. The molecule has 0 spiro atoms. The maximum absolute atomic E-state index is 13.2. The lowest BCUT2D eigenvalue weighted by Crippen LogP contribution is -2.37. The van der Waals surface area contributed by atoms with Crippen LogP contribution in [-0.4, -0.2) is 27.3 Å². The monoisotopic (exact) mass is 313 g/mol. The van der Waals surface area contributed by atoms with Gasteiger partial charge in [-0.25, -0.2) is 9.07 Å². The molecule has 23 heavy (non-hydrogen) atoms. The van der Waals surface area contributed by atoms with Crippen LogP contribution in [0.1, 0.15) is 49.6 Å². The Kier molecular flexibility index (Phi) is 3.93. The Morgan fingerprint density at radius 1 is 1.13 bits per heavy atom. The van der Waals surface area contributed by atoms with Gasteiger partial charge in [-0.15, -0.1) is 0 Å². The zero-order valence-electron chi connectivity index (χ0n) is 13.8. The molecule has 0 saturated carbocycles. The number of nitrogens with zero attached hydrogens (tertiary/aromatic N) is 3. The quantitative estimate of drug-likeness (QED) is 0.857. The van der Waals surface area contributed by atoms with Crippen LogP contribution in [-0.2, 0) is 19.4 Å². The summed E-state index contributed by atoms with van der Waals surface area (Å²) in [5, 5.41) is 4.91. The summed E-state index contributed by atoms with van der Waals surface area (Å²) in [4.78, 5) is 2.57. The van der Waals surface area contributed by atoms with E-state index in [1.165, 1.54) is 61.3 Å². The zero-order chi connectivity index (χ0) is 15.8. The fraction of sp³-hybridized carbons (Fsp3) is 0.526. The third-order valence-electron chi connectivity index (χ3n) is 5.38. The average Bonchev–Trinajstić information content (AvgIpc) is 3.14. The Labute approximate surface area is 137 Å². The highest BCUT2D eigenvalue weighted by molar-refractivity contribution is 5.40. The summed E-state index contributed by atoms with van der Waals surface area (Å²) in [7, 11) is 0. The van der Waals surface area contributed by atoms with E-state index in [9.17, 15) is 4.39 Å². The van der Waals surface area contributed by atoms with Crippen molar-refractivity contribution in [2.45, 2.75) is 58.0 Å². The number of benzene rings is 1. The Hall–Kier alpha value is -1.68. The molecule has 1 aliphatic heterocycles. The molecule has 1 saturated heterocycles. The zero-order valence-corrected chi connectivity index (χ0v) is 13.8. The average molecular weight is 313 g/mol. The maximum atomic E-state index is 13.2. The van der Waals surface area contributed by atoms with Gasteiger partial charge in [-0.1, -0.05) is 6.42 Å². The fourth-order valence-electron chi connectivity index (χ4n) is 4.02. The summed E-state index contributed by atoms with van der Waals surface area (Å²) >= 11 is 0. The van der Waals surface area contributed by atoms with Crippen molar-refractivity contribution >= 4 is 0 Å².